The minimum absolute atomic E-state index is 0.0516. The van der Waals surface area contributed by atoms with E-state index < -0.39 is 0 Å². The Morgan fingerprint density at radius 2 is 1.96 bits per heavy atom. The van der Waals surface area contributed by atoms with Crippen LogP contribution < -0.4 is 5.32 Å². The molecule has 0 radical (unpaired) electrons. The number of carbonyl (C=O) groups excluding carboxylic acids is 1. The molecule has 1 fully saturated rings. The summed E-state index contributed by atoms with van der Waals surface area (Å²) in [5, 5.41) is 7.37. The predicted molar refractivity (Wildman–Crippen MR) is 93.1 cm³/mol. The largest absolute Gasteiger partial charge is 0.381 e. The van der Waals surface area contributed by atoms with Crippen molar-refractivity contribution in [3.8, 4) is 0 Å². The molecular weight excluding hydrogens is 304 g/mol. The Morgan fingerprint density at radius 1 is 1.25 bits per heavy atom. The summed E-state index contributed by atoms with van der Waals surface area (Å²) < 4.78 is 7.19. The molecule has 1 saturated heterocycles. The fourth-order valence-electron chi connectivity index (χ4n) is 3.08. The molecule has 1 aliphatic heterocycles. The lowest BCUT2D eigenvalue weighted by molar-refractivity contribution is 0.0521. The Bertz CT molecular complexity index is 663. The molecule has 6 heteroatoms. The third kappa shape index (κ3) is 3.59. The first-order chi connectivity index (χ1) is 11.7. The molecule has 0 bridgehead atoms. The van der Waals surface area contributed by atoms with Crippen molar-refractivity contribution in [2.24, 2.45) is 0 Å². The quantitative estimate of drug-likeness (QED) is 0.938. The normalized spacial score (nSPS) is 16.8. The second-order valence-electron chi connectivity index (χ2n) is 6.10. The number of nitrogens with one attached hydrogen (secondary N) is 1. The van der Waals surface area contributed by atoms with Crippen molar-refractivity contribution < 1.29 is 9.53 Å². The lowest BCUT2D eigenvalue weighted by atomic mass is 10.1. The number of hydrogen-bond acceptors (Lipinski definition) is 3. The maximum absolute atomic E-state index is 12.5. The van der Waals surface area contributed by atoms with Gasteiger partial charge in [-0.1, -0.05) is 30.3 Å². The van der Waals surface area contributed by atoms with Crippen LogP contribution in [0, 0.1) is 0 Å². The Hall–Kier alpha value is -2.34. The second-order valence-corrected chi connectivity index (χ2v) is 6.10. The van der Waals surface area contributed by atoms with Crippen LogP contribution in [0.2, 0.25) is 0 Å². The van der Waals surface area contributed by atoms with Gasteiger partial charge in [-0.25, -0.2) is 9.48 Å². The van der Waals surface area contributed by atoms with E-state index in [1.165, 1.54) is 0 Å². The molecule has 2 heterocycles. The van der Waals surface area contributed by atoms with Gasteiger partial charge in [-0.05, 0) is 25.3 Å². The van der Waals surface area contributed by atoms with Crippen LogP contribution in [0.5, 0.6) is 0 Å². The SMILES string of the molecule is COC1CCN(C(=O)Nc2ccnn2C(C)c2ccccc2)CC1. The summed E-state index contributed by atoms with van der Waals surface area (Å²) in [5.41, 5.74) is 1.15. The molecule has 6 nitrogen and oxygen atoms in total. The number of methoxy groups -OCH3 is 1. The van der Waals surface area contributed by atoms with E-state index in [4.69, 9.17) is 4.74 Å². The maximum Gasteiger partial charge on any atom is 0.323 e. The van der Waals surface area contributed by atoms with Gasteiger partial charge in [-0.15, -0.1) is 0 Å². The average molecular weight is 328 g/mol. The predicted octanol–water partition coefficient (Wildman–Crippen LogP) is 3.14. The van der Waals surface area contributed by atoms with Crippen molar-refractivity contribution in [3.63, 3.8) is 0 Å². The first-order valence-electron chi connectivity index (χ1n) is 8.36. The third-order valence-corrected chi connectivity index (χ3v) is 4.62. The monoisotopic (exact) mass is 328 g/mol. The molecule has 1 aromatic carbocycles. The maximum atomic E-state index is 12.5. The zero-order valence-corrected chi connectivity index (χ0v) is 14.2. The minimum Gasteiger partial charge on any atom is -0.381 e. The highest BCUT2D eigenvalue weighted by Crippen LogP contribution is 2.22. The standard InChI is InChI=1S/C18H24N4O2/c1-14(15-6-4-3-5-7-15)22-17(8-11-19-22)20-18(23)21-12-9-16(24-2)10-13-21/h3-8,11,14,16H,9-10,12-13H2,1-2H3,(H,20,23). The van der Waals surface area contributed by atoms with E-state index in [1.807, 2.05) is 33.8 Å². The Morgan fingerprint density at radius 3 is 2.62 bits per heavy atom. The fraction of sp³-hybridized carbons (Fsp3) is 0.444. The highest BCUT2D eigenvalue weighted by Gasteiger charge is 2.23. The number of nitrogens with zero attached hydrogens (tertiary/aromatic N) is 3. The van der Waals surface area contributed by atoms with Gasteiger partial charge in [-0.3, -0.25) is 5.32 Å². The van der Waals surface area contributed by atoms with E-state index in [0.29, 0.717) is 18.9 Å². The zero-order chi connectivity index (χ0) is 16.9. The molecule has 0 aliphatic carbocycles. The first-order valence-corrected chi connectivity index (χ1v) is 8.36. The number of urea groups is 1. The van der Waals surface area contributed by atoms with Gasteiger partial charge in [-0.2, -0.15) is 5.10 Å². The molecule has 1 aromatic heterocycles. The van der Waals surface area contributed by atoms with Crippen molar-refractivity contribution >= 4 is 11.8 Å². The molecule has 1 aliphatic rings. The average Bonchev–Trinajstić information content (AvgIpc) is 3.10. The Kier molecular flexibility index (Phi) is 5.15. The summed E-state index contributed by atoms with van der Waals surface area (Å²) >= 11 is 0. The lowest BCUT2D eigenvalue weighted by Gasteiger charge is -2.31. The number of aromatic nitrogens is 2. The van der Waals surface area contributed by atoms with Crippen LogP contribution in [-0.2, 0) is 4.74 Å². The first kappa shape index (κ1) is 16.5. The van der Waals surface area contributed by atoms with Gasteiger partial charge >= 0.3 is 6.03 Å². The van der Waals surface area contributed by atoms with Crippen molar-refractivity contribution in [2.75, 3.05) is 25.5 Å². The molecule has 0 saturated carbocycles. The molecule has 128 valence electrons. The smallest absolute Gasteiger partial charge is 0.323 e. The van der Waals surface area contributed by atoms with Gasteiger partial charge in [0.1, 0.15) is 5.82 Å². The second kappa shape index (κ2) is 7.49. The number of carbonyl (C=O) groups is 1. The van der Waals surface area contributed by atoms with E-state index in [1.54, 1.807) is 13.3 Å². The molecule has 1 atom stereocenters. The van der Waals surface area contributed by atoms with Gasteiger partial charge in [0, 0.05) is 26.3 Å². The molecule has 24 heavy (non-hydrogen) atoms. The van der Waals surface area contributed by atoms with Crippen molar-refractivity contribution in [1.82, 2.24) is 14.7 Å². The summed E-state index contributed by atoms with van der Waals surface area (Å²) in [4.78, 5) is 14.3. The van der Waals surface area contributed by atoms with E-state index in [9.17, 15) is 4.79 Å². The van der Waals surface area contributed by atoms with Crippen LogP contribution in [0.15, 0.2) is 42.6 Å². The number of amides is 2. The summed E-state index contributed by atoms with van der Waals surface area (Å²) in [6.07, 6.45) is 3.73. The summed E-state index contributed by atoms with van der Waals surface area (Å²) in [6, 6.07) is 11.9. The zero-order valence-electron chi connectivity index (χ0n) is 14.2. The van der Waals surface area contributed by atoms with Gasteiger partial charge < -0.3 is 9.64 Å². The van der Waals surface area contributed by atoms with Crippen molar-refractivity contribution in [1.29, 1.82) is 0 Å². The van der Waals surface area contributed by atoms with E-state index in [0.717, 1.165) is 18.4 Å². The van der Waals surface area contributed by atoms with Crippen molar-refractivity contribution in [2.45, 2.75) is 31.9 Å². The number of benzene rings is 1. The van der Waals surface area contributed by atoms with Gasteiger partial charge in [0.25, 0.3) is 0 Å². The van der Waals surface area contributed by atoms with Crippen LogP contribution in [0.1, 0.15) is 31.4 Å². The molecule has 1 N–H and O–H groups in total. The number of hydrogen-bond donors (Lipinski definition) is 1. The third-order valence-electron chi connectivity index (χ3n) is 4.62. The van der Waals surface area contributed by atoms with Crippen LogP contribution in [0.25, 0.3) is 0 Å². The molecule has 3 rings (SSSR count). The summed E-state index contributed by atoms with van der Waals surface area (Å²) in [5.74, 6) is 0.713. The van der Waals surface area contributed by atoms with Gasteiger partial charge in [0.2, 0.25) is 0 Å². The van der Waals surface area contributed by atoms with Gasteiger partial charge in [0.15, 0.2) is 0 Å². The molecule has 2 amide bonds. The number of piperidine rings is 1. The Balaban J connectivity index is 1.66. The van der Waals surface area contributed by atoms with E-state index in [2.05, 4.69) is 29.5 Å². The van der Waals surface area contributed by atoms with Crippen LogP contribution in [0.4, 0.5) is 10.6 Å². The number of likely N-dealkylation sites (tertiary alicyclic amines) is 1. The highest BCUT2D eigenvalue weighted by molar-refractivity contribution is 5.88. The molecule has 2 aromatic rings. The van der Waals surface area contributed by atoms with Crippen LogP contribution >= 0.6 is 0 Å². The number of ether oxygens (including phenoxy) is 1. The minimum atomic E-state index is -0.0773. The topological polar surface area (TPSA) is 59.4 Å². The van der Waals surface area contributed by atoms with Gasteiger partial charge in [0.05, 0.1) is 18.3 Å². The number of anilines is 1. The molecular formula is C18H24N4O2. The highest BCUT2D eigenvalue weighted by atomic mass is 16.5. The Labute approximate surface area is 142 Å². The summed E-state index contributed by atoms with van der Waals surface area (Å²) in [6.45, 7) is 3.50. The van der Waals surface area contributed by atoms with Crippen LogP contribution in [-0.4, -0.2) is 47.0 Å². The summed E-state index contributed by atoms with van der Waals surface area (Å²) in [7, 11) is 1.73. The number of rotatable bonds is 4. The lowest BCUT2D eigenvalue weighted by Crippen LogP contribution is -2.43. The fourth-order valence-corrected chi connectivity index (χ4v) is 3.08. The molecule has 1 unspecified atom stereocenters. The van der Waals surface area contributed by atoms with E-state index in [-0.39, 0.29) is 18.2 Å². The van der Waals surface area contributed by atoms with Crippen molar-refractivity contribution in [3.05, 3.63) is 48.2 Å². The van der Waals surface area contributed by atoms with Crippen LogP contribution in [0.3, 0.4) is 0 Å². The van der Waals surface area contributed by atoms with E-state index >= 15 is 0 Å². The molecule has 0 spiro atoms.